The van der Waals surface area contributed by atoms with Crippen LogP contribution in [0.15, 0.2) is 18.3 Å². The van der Waals surface area contributed by atoms with Gasteiger partial charge in [0.1, 0.15) is 16.4 Å². The highest BCUT2D eigenvalue weighted by Gasteiger charge is 2.23. The van der Waals surface area contributed by atoms with E-state index >= 15 is 0 Å². The number of aromatic nitrogens is 3. The lowest BCUT2D eigenvalue weighted by atomic mass is 10.2. The van der Waals surface area contributed by atoms with Crippen molar-refractivity contribution in [1.82, 2.24) is 25.2 Å². The van der Waals surface area contributed by atoms with Gasteiger partial charge in [0.05, 0.1) is 31.0 Å². The average Bonchev–Trinajstić information content (AvgIpc) is 3.16. The minimum absolute atomic E-state index is 0.0332. The minimum Gasteiger partial charge on any atom is -0.368 e. The zero-order valence-corrected chi connectivity index (χ0v) is 15.6. The van der Waals surface area contributed by atoms with Crippen molar-refractivity contribution in [1.29, 1.82) is 5.26 Å². The monoisotopic (exact) mass is 405 g/mol. The molecule has 11 heteroatoms. The predicted molar refractivity (Wildman–Crippen MR) is 101 cm³/mol. The van der Waals surface area contributed by atoms with Gasteiger partial charge in [-0.1, -0.05) is 17.4 Å². The van der Waals surface area contributed by atoms with Gasteiger partial charge in [-0.2, -0.15) is 5.26 Å². The number of halogens is 2. The number of carbonyl (C=O) groups is 1. The maximum atomic E-state index is 14.7. The number of anilines is 1. The number of rotatable bonds is 6. The second kappa shape index (κ2) is 8.81. The van der Waals surface area contributed by atoms with E-state index in [0.29, 0.717) is 44.7 Å². The number of piperazine rings is 1. The first kappa shape index (κ1) is 19.8. The Balaban J connectivity index is 1.74. The molecule has 0 aliphatic carbocycles. The Bertz CT molecular complexity index is 895. The third-order valence-electron chi connectivity index (χ3n) is 4.34. The van der Waals surface area contributed by atoms with Crippen LogP contribution in [0.1, 0.15) is 5.69 Å². The standard InChI is InChI=1S/C17H17F2N7OS/c18-14-7-13(26-10-12(22-23-26)9-21-16(28)11-27)8-15(19)17(14)25-5-3-24(2-1-20)4-6-25/h7-8,10-11H,2-6,9H2,(H,21,28). The molecule has 28 heavy (non-hydrogen) atoms. The maximum absolute atomic E-state index is 14.7. The molecular formula is C17H17F2N7OS. The second-order valence-corrected chi connectivity index (χ2v) is 6.61. The van der Waals surface area contributed by atoms with Gasteiger partial charge in [-0.05, 0) is 0 Å². The molecule has 2 aromatic rings. The zero-order valence-electron chi connectivity index (χ0n) is 14.8. The van der Waals surface area contributed by atoms with Crippen LogP contribution in [0.5, 0.6) is 0 Å². The lowest BCUT2D eigenvalue weighted by Gasteiger charge is -2.35. The summed E-state index contributed by atoms with van der Waals surface area (Å²) in [5.41, 5.74) is 0.569. The third kappa shape index (κ3) is 4.47. The average molecular weight is 405 g/mol. The Labute approximate surface area is 165 Å². The molecule has 0 bridgehead atoms. The van der Waals surface area contributed by atoms with Gasteiger partial charge in [-0.15, -0.1) is 5.10 Å². The molecule has 1 aromatic heterocycles. The molecule has 0 atom stereocenters. The number of nitrogens with zero attached hydrogens (tertiary/aromatic N) is 6. The highest BCUT2D eigenvalue weighted by molar-refractivity contribution is 7.81. The van der Waals surface area contributed by atoms with E-state index in [1.54, 1.807) is 4.90 Å². The van der Waals surface area contributed by atoms with E-state index in [2.05, 4.69) is 21.7 Å². The first-order valence-corrected chi connectivity index (χ1v) is 8.90. The van der Waals surface area contributed by atoms with E-state index in [-0.39, 0.29) is 22.9 Å². The summed E-state index contributed by atoms with van der Waals surface area (Å²) in [4.78, 5) is 14.1. The lowest BCUT2D eigenvalue weighted by Crippen LogP contribution is -2.47. The molecule has 1 aliphatic heterocycles. The molecule has 0 unspecified atom stereocenters. The Morgan fingerprint density at radius 3 is 2.57 bits per heavy atom. The number of hydrogen-bond acceptors (Lipinski definition) is 7. The Morgan fingerprint density at radius 1 is 1.29 bits per heavy atom. The van der Waals surface area contributed by atoms with Gasteiger partial charge >= 0.3 is 0 Å². The summed E-state index contributed by atoms with van der Waals surface area (Å²) >= 11 is 4.73. The number of nitriles is 1. The number of aldehydes is 1. The van der Waals surface area contributed by atoms with Crippen molar-refractivity contribution < 1.29 is 13.6 Å². The number of nitrogens with one attached hydrogen (secondary N) is 1. The number of hydrogen-bond donors (Lipinski definition) is 1. The fraction of sp³-hybridized carbons (Fsp3) is 0.353. The van der Waals surface area contributed by atoms with Crippen molar-refractivity contribution in [2.45, 2.75) is 6.54 Å². The largest absolute Gasteiger partial charge is 0.368 e. The van der Waals surface area contributed by atoms with Crippen LogP contribution in [0.2, 0.25) is 0 Å². The molecule has 1 saturated heterocycles. The highest BCUT2D eigenvalue weighted by atomic mass is 32.1. The summed E-state index contributed by atoms with van der Waals surface area (Å²) in [6, 6.07) is 4.47. The van der Waals surface area contributed by atoms with E-state index in [0.717, 1.165) is 0 Å². The molecule has 1 aliphatic rings. The van der Waals surface area contributed by atoms with Gasteiger partial charge in [0, 0.05) is 38.3 Å². The summed E-state index contributed by atoms with van der Waals surface area (Å²) in [5, 5.41) is 19.1. The van der Waals surface area contributed by atoms with Crippen LogP contribution < -0.4 is 10.2 Å². The molecule has 0 saturated carbocycles. The van der Waals surface area contributed by atoms with Crippen molar-refractivity contribution in [2.24, 2.45) is 0 Å². The molecule has 1 aromatic carbocycles. The predicted octanol–water partition coefficient (Wildman–Crippen LogP) is 0.807. The van der Waals surface area contributed by atoms with Gasteiger partial charge in [-0.25, -0.2) is 13.5 Å². The van der Waals surface area contributed by atoms with Crippen LogP contribution in [0.3, 0.4) is 0 Å². The van der Waals surface area contributed by atoms with Crippen LogP contribution in [0.25, 0.3) is 5.69 Å². The molecule has 0 amide bonds. The summed E-state index contributed by atoms with van der Waals surface area (Å²) in [5.74, 6) is -1.39. The highest BCUT2D eigenvalue weighted by Crippen LogP contribution is 2.27. The quantitative estimate of drug-likeness (QED) is 0.429. The molecule has 8 nitrogen and oxygen atoms in total. The van der Waals surface area contributed by atoms with E-state index in [1.807, 2.05) is 4.90 Å². The smallest absolute Gasteiger partial charge is 0.177 e. The van der Waals surface area contributed by atoms with Gasteiger partial charge in [0.25, 0.3) is 0 Å². The first-order chi connectivity index (χ1) is 13.5. The normalized spacial score (nSPS) is 14.5. The summed E-state index contributed by atoms with van der Waals surface area (Å²) in [7, 11) is 0. The second-order valence-electron chi connectivity index (χ2n) is 6.17. The molecule has 0 radical (unpaired) electrons. The molecular weight excluding hydrogens is 388 g/mol. The topological polar surface area (TPSA) is 90.1 Å². The van der Waals surface area contributed by atoms with Crippen molar-refractivity contribution in [3.8, 4) is 11.8 Å². The SMILES string of the molecule is N#CCN1CCN(c2c(F)cc(-n3cc(CNC(=S)C=O)nn3)cc2F)CC1. The summed E-state index contributed by atoms with van der Waals surface area (Å²) in [6.07, 6.45) is 2.00. The first-order valence-electron chi connectivity index (χ1n) is 8.49. The van der Waals surface area contributed by atoms with Gasteiger partial charge in [0.15, 0.2) is 17.9 Å². The lowest BCUT2D eigenvalue weighted by molar-refractivity contribution is -0.102. The van der Waals surface area contributed by atoms with E-state index < -0.39 is 11.6 Å². The molecule has 2 heterocycles. The Kier molecular flexibility index (Phi) is 6.23. The van der Waals surface area contributed by atoms with Crippen LogP contribution in [-0.2, 0) is 11.3 Å². The molecule has 0 spiro atoms. The number of benzene rings is 1. The van der Waals surface area contributed by atoms with Crippen LogP contribution in [-0.4, -0.2) is 63.9 Å². The van der Waals surface area contributed by atoms with Gasteiger partial charge in [-0.3, -0.25) is 9.69 Å². The minimum atomic E-state index is -0.693. The number of carbonyl (C=O) groups excluding carboxylic acids is 1. The third-order valence-corrected chi connectivity index (χ3v) is 4.58. The molecule has 1 fully saturated rings. The number of thiocarbonyl (C=S) groups is 1. The van der Waals surface area contributed by atoms with Crippen molar-refractivity contribution >= 4 is 29.2 Å². The van der Waals surface area contributed by atoms with E-state index in [9.17, 15) is 13.6 Å². The van der Waals surface area contributed by atoms with Crippen molar-refractivity contribution in [3.05, 3.63) is 35.7 Å². The summed E-state index contributed by atoms with van der Waals surface area (Å²) in [6.45, 7) is 2.48. The van der Waals surface area contributed by atoms with Crippen LogP contribution >= 0.6 is 12.2 Å². The molecule has 146 valence electrons. The van der Waals surface area contributed by atoms with E-state index in [1.165, 1.54) is 23.0 Å². The fourth-order valence-electron chi connectivity index (χ4n) is 2.94. The summed E-state index contributed by atoms with van der Waals surface area (Å²) < 4.78 is 30.6. The fourth-order valence-corrected chi connectivity index (χ4v) is 3.01. The van der Waals surface area contributed by atoms with Crippen LogP contribution in [0, 0.1) is 23.0 Å². The zero-order chi connectivity index (χ0) is 20.1. The molecule has 3 rings (SSSR count). The van der Waals surface area contributed by atoms with Crippen molar-refractivity contribution in [3.63, 3.8) is 0 Å². The van der Waals surface area contributed by atoms with Gasteiger partial charge in [0.2, 0.25) is 0 Å². The Morgan fingerprint density at radius 2 is 1.96 bits per heavy atom. The van der Waals surface area contributed by atoms with Gasteiger partial charge < -0.3 is 10.2 Å². The maximum Gasteiger partial charge on any atom is 0.177 e. The van der Waals surface area contributed by atoms with E-state index in [4.69, 9.17) is 17.5 Å². The van der Waals surface area contributed by atoms with Crippen molar-refractivity contribution in [2.75, 3.05) is 37.6 Å². The van der Waals surface area contributed by atoms with Crippen LogP contribution in [0.4, 0.5) is 14.5 Å². The molecule has 1 N–H and O–H groups in total. The Hall–Kier alpha value is -2.97.